The van der Waals surface area contributed by atoms with Gasteiger partial charge in [0.05, 0.1) is 0 Å². The van der Waals surface area contributed by atoms with Crippen LogP contribution in [-0.4, -0.2) is 42.0 Å². The highest BCUT2D eigenvalue weighted by atomic mass is 32.1. The smallest absolute Gasteiger partial charge is 0.253 e. The largest absolute Gasteiger partial charge is 0.367 e. The summed E-state index contributed by atoms with van der Waals surface area (Å²) >= 11 is 1.71. The Morgan fingerprint density at radius 3 is 2.73 bits per heavy atom. The van der Waals surface area contributed by atoms with E-state index in [0.29, 0.717) is 0 Å². The van der Waals surface area contributed by atoms with Gasteiger partial charge >= 0.3 is 0 Å². The van der Waals surface area contributed by atoms with E-state index in [9.17, 15) is 4.79 Å². The topological polar surface area (TPSA) is 39.3 Å². The monoisotopic (exact) mass is 311 g/mol. The third-order valence-electron chi connectivity index (χ3n) is 4.24. The molecule has 0 saturated carbocycles. The number of rotatable bonds is 2. The summed E-state index contributed by atoms with van der Waals surface area (Å²) in [4.78, 5) is 20.1. The van der Waals surface area contributed by atoms with E-state index in [-0.39, 0.29) is 5.91 Å². The highest BCUT2D eigenvalue weighted by molar-refractivity contribution is 7.08. The molecule has 1 amide bonds. The third-order valence-corrected chi connectivity index (χ3v) is 4.91. The van der Waals surface area contributed by atoms with Crippen LogP contribution in [0.25, 0.3) is 10.9 Å². The van der Waals surface area contributed by atoms with E-state index >= 15 is 0 Å². The molecule has 4 nitrogen and oxygen atoms in total. The van der Waals surface area contributed by atoms with Crippen molar-refractivity contribution < 1.29 is 4.79 Å². The van der Waals surface area contributed by atoms with Gasteiger partial charge in [-0.15, -0.1) is 0 Å². The summed E-state index contributed by atoms with van der Waals surface area (Å²) in [7, 11) is 0. The molecule has 1 N–H and O–H groups in total. The van der Waals surface area contributed by atoms with Crippen molar-refractivity contribution in [1.82, 2.24) is 9.88 Å². The summed E-state index contributed by atoms with van der Waals surface area (Å²) in [6.07, 6.45) is 1.90. The van der Waals surface area contributed by atoms with Crippen molar-refractivity contribution in [2.24, 2.45) is 0 Å². The average Bonchev–Trinajstić information content (AvgIpc) is 3.25. The zero-order chi connectivity index (χ0) is 14.9. The Balaban J connectivity index is 1.47. The van der Waals surface area contributed by atoms with Crippen molar-refractivity contribution in [3.8, 4) is 0 Å². The quantitative estimate of drug-likeness (QED) is 0.789. The Kier molecular flexibility index (Phi) is 3.35. The van der Waals surface area contributed by atoms with E-state index < -0.39 is 0 Å². The van der Waals surface area contributed by atoms with Crippen molar-refractivity contribution >= 4 is 33.8 Å². The van der Waals surface area contributed by atoms with E-state index in [4.69, 9.17) is 0 Å². The number of thiophene rings is 1. The number of benzene rings is 1. The average molecular weight is 311 g/mol. The summed E-state index contributed by atoms with van der Waals surface area (Å²) < 4.78 is 0. The molecule has 0 atom stereocenters. The van der Waals surface area contributed by atoms with Gasteiger partial charge in [0.1, 0.15) is 0 Å². The second-order valence-electron chi connectivity index (χ2n) is 5.54. The minimum atomic E-state index is 0.132. The Morgan fingerprint density at radius 1 is 1.09 bits per heavy atom. The van der Waals surface area contributed by atoms with E-state index in [0.717, 1.165) is 42.6 Å². The van der Waals surface area contributed by atoms with Gasteiger partial charge in [-0.2, -0.15) is 11.3 Å². The van der Waals surface area contributed by atoms with Crippen molar-refractivity contribution in [1.29, 1.82) is 0 Å². The molecule has 22 heavy (non-hydrogen) atoms. The number of hydrogen-bond donors (Lipinski definition) is 1. The predicted molar refractivity (Wildman–Crippen MR) is 90.7 cm³/mol. The number of aromatic amines is 1. The molecular formula is C17H17N3OS. The highest BCUT2D eigenvalue weighted by Gasteiger charge is 2.22. The van der Waals surface area contributed by atoms with Gasteiger partial charge in [0, 0.05) is 59.9 Å². The SMILES string of the molecule is O=C(c1ccc2[nH]ccc2c1)N1CCN(c2ccsc2)CC1. The van der Waals surface area contributed by atoms with Gasteiger partial charge in [-0.05, 0) is 35.7 Å². The number of nitrogens with one attached hydrogen (secondary N) is 1. The molecular weight excluding hydrogens is 294 g/mol. The first-order valence-corrected chi connectivity index (χ1v) is 8.39. The predicted octanol–water partition coefficient (Wildman–Crippen LogP) is 3.19. The Morgan fingerprint density at radius 2 is 1.95 bits per heavy atom. The minimum absolute atomic E-state index is 0.132. The van der Waals surface area contributed by atoms with Gasteiger partial charge in [0.15, 0.2) is 0 Å². The van der Waals surface area contributed by atoms with Crippen LogP contribution < -0.4 is 4.90 Å². The molecule has 0 spiro atoms. The van der Waals surface area contributed by atoms with Gasteiger partial charge in [-0.25, -0.2) is 0 Å². The van der Waals surface area contributed by atoms with Crippen LogP contribution in [-0.2, 0) is 0 Å². The van der Waals surface area contributed by atoms with Crippen molar-refractivity contribution in [3.05, 3.63) is 52.9 Å². The van der Waals surface area contributed by atoms with E-state index in [1.54, 1.807) is 11.3 Å². The van der Waals surface area contributed by atoms with Gasteiger partial charge in [-0.1, -0.05) is 0 Å². The van der Waals surface area contributed by atoms with Gasteiger partial charge in [-0.3, -0.25) is 4.79 Å². The van der Waals surface area contributed by atoms with Gasteiger partial charge in [0.2, 0.25) is 0 Å². The molecule has 1 aromatic carbocycles. The maximum Gasteiger partial charge on any atom is 0.253 e. The second-order valence-corrected chi connectivity index (χ2v) is 6.32. The number of amides is 1. The molecule has 1 fully saturated rings. The number of aromatic nitrogens is 1. The minimum Gasteiger partial charge on any atom is -0.367 e. The van der Waals surface area contributed by atoms with Crippen LogP contribution in [0.1, 0.15) is 10.4 Å². The number of fused-ring (bicyclic) bond motifs is 1. The van der Waals surface area contributed by atoms with Gasteiger partial charge < -0.3 is 14.8 Å². The zero-order valence-corrected chi connectivity index (χ0v) is 13.0. The second kappa shape index (κ2) is 5.50. The molecule has 2 aromatic heterocycles. The lowest BCUT2D eigenvalue weighted by Crippen LogP contribution is -2.48. The maximum absolute atomic E-state index is 12.7. The molecule has 3 aromatic rings. The molecule has 5 heteroatoms. The van der Waals surface area contributed by atoms with Crippen molar-refractivity contribution in [2.45, 2.75) is 0 Å². The number of hydrogen-bond acceptors (Lipinski definition) is 3. The summed E-state index contributed by atoms with van der Waals surface area (Å²) in [5, 5.41) is 5.35. The lowest BCUT2D eigenvalue weighted by molar-refractivity contribution is 0.0747. The standard InChI is InChI=1S/C17H17N3OS/c21-17(14-1-2-16-13(11-14)3-5-18-16)20-8-6-19(7-9-20)15-4-10-22-12-15/h1-5,10-12,18H,6-9H2. The van der Waals surface area contributed by atoms with Crippen LogP contribution in [0.4, 0.5) is 5.69 Å². The normalized spacial score (nSPS) is 15.5. The first kappa shape index (κ1) is 13.4. The lowest BCUT2D eigenvalue weighted by atomic mass is 10.1. The molecule has 0 bridgehead atoms. The lowest BCUT2D eigenvalue weighted by Gasteiger charge is -2.35. The van der Waals surface area contributed by atoms with Crippen LogP contribution in [0, 0.1) is 0 Å². The van der Waals surface area contributed by atoms with Crippen LogP contribution >= 0.6 is 11.3 Å². The van der Waals surface area contributed by atoms with Crippen molar-refractivity contribution in [2.75, 3.05) is 31.1 Å². The zero-order valence-electron chi connectivity index (χ0n) is 12.2. The molecule has 112 valence electrons. The first-order valence-electron chi connectivity index (χ1n) is 7.45. The van der Waals surface area contributed by atoms with Crippen LogP contribution in [0.3, 0.4) is 0 Å². The molecule has 0 unspecified atom stereocenters. The third kappa shape index (κ3) is 2.37. The highest BCUT2D eigenvalue weighted by Crippen LogP contribution is 2.21. The summed E-state index contributed by atoms with van der Waals surface area (Å²) in [5.74, 6) is 0.132. The number of nitrogens with zero attached hydrogens (tertiary/aromatic N) is 2. The van der Waals surface area contributed by atoms with Gasteiger partial charge in [0.25, 0.3) is 5.91 Å². The Hall–Kier alpha value is -2.27. The fourth-order valence-corrected chi connectivity index (χ4v) is 3.64. The van der Waals surface area contributed by atoms with Crippen LogP contribution in [0.5, 0.6) is 0 Å². The maximum atomic E-state index is 12.7. The number of piperazine rings is 1. The van der Waals surface area contributed by atoms with E-state index in [1.807, 2.05) is 35.4 Å². The number of carbonyl (C=O) groups is 1. The molecule has 3 heterocycles. The van der Waals surface area contributed by atoms with Crippen LogP contribution in [0.15, 0.2) is 47.3 Å². The fraction of sp³-hybridized carbons (Fsp3) is 0.235. The van der Waals surface area contributed by atoms with E-state index in [1.165, 1.54) is 5.69 Å². The molecule has 4 rings (SSSR count). The molecule has 1 saturated heterocycles. The number of carbonyl (C=O) groups excluding carboxylic acids is 1. The molecule has 0 aliphatic carbocycles. The molecule has 0 radical (unpaired) electrons. The molecule has 1 aliphatic heterocycles. The molecule has 1 aliphatic rings. The summed E-state index contributed by atoms with van der Waals surface area (Å²) in [5.41, 5.74) is 3.11. The fourth-order valence-electron chi connectivity index (χ4n) is 2.97. The summed E-state index contributed by atoms with van der Waals surface area (Å²) in [6, 6.07) is 10.00. The van der Waals surface area contributed by atoms with E-state index in [2.05, 4.69) is 26.7 Å². The Bertz CT molecular complexity index is 785. The summed E-state index contributed by atoms with van der Waals surface area (Å²) in [6.45, 7) is 3.35. The van der Waals surface area contributed by atoms with Crippen molar-refractivity contribution in [3.63, 3.8) is 0 Å². The number of H-pyrrole nitrogens is 1. The number of anilines is 1. The van der Waals surface area contributed by atoms with Crippen LogP contribution in [0.2, 0.25) is 0 Å². The Labute approximate surface area is 133 Å². The first-order chi connectivity index (χ1) is 10.8.